The van der Waals surface area contributed by atoms with Crippen LogP contribution in [0.15, 0.2) is 34.9 Å². The Hall–Kier alpha value is -1.15. The molecule has 0 aromatic carbocycles. The zero-order valence-electron chi connectivity index (χ0n) is 13.5. The van der Waals surface area contributed by atoms with E-state index in [1.54, 1.807) is 6.92 Å². The van der Waals surface area contributed by atoms with Crippen LogP contribution >= 0.6 is 0 Å². The van der Waals surface area contributed by atoms with Gasteiger partial charge in [0.25, 0.3) is 0 Å². The van der Waals surface area contributed by atoms with Crippen molar-refractivity contribution in [2.24, 2.45) is 0 Å². The maximum absolute atomic E-state index is 10.8. The van der Waals surface area contributed by atoms with Crippen molar-refractivity contribution in [3.8, 4) is 0 Å². The molecule has 0 fully saturated rings. The van der Waals surface area contributed by atoms with Crippen molar-refractivity contribution < 1.29 is 9.90 Å². The Kier molecular flexibility index (Phi) is 11.0. The van der Waals surface area contributed by atoms with Crippen LogP contribution < -0.4 is 0 Å². The maximum atomic E-state index is 10.8. The first-order chi connectivity index (χ1) is 9.45. The fourth-order valence-electron chi connectivity index (χ4n) is 1.88. The molecule has 0 aromatic rings. The molecule has 0 saturated carbocycles. The third-order valence-electron chi connectivity index (χ3n) is 3.30. The summed E-state index contributed by atoms with van der Waals surface area (Å²) in [6, 6.07) is 0. The summed E-state index contributed by atoms with van der Waals surface area (Å²) in [5.74, 6) is 0.260. The molecule has 0 rings (SSSR count). The average Bonchev–Trinajstić information content (AvgIpc) is 2.38. The Bertz CT molecular complexity index is 373. The van der Waals surface area contributed by atoms with Gasteiger partial charge in [0.2, 0.25) is 0 Å². The van der Waals surface area contributed by atoms with E-state index in [0.717, 1.165) is 37.7 Å². The molecule has 0 atom stereocenters. The van der Waals surface area contributed by atoms with Crippen LogP contribution in [0.25, 0.3) is 0 Å². The molecule has 20 heavy (non-hydrogen) atoms. The Morgan fingerprint density at radius 2 is 1.15 bits per heavy atom. The van der Waals surface area contributed by atoms with Crippen molar-refractivity contribution >= 4 is 5.78 Å². The van der Waals surface area contributed by atoms with Gasteiger partial charge in [-0.05, 0) is 59.8 Å². The van der Waals surface area contributed by atoms with Gasteiger partial charge in [0.05, 0.1) is 6.61 Å². The Morgan fingerprint density at radius 1 is 0.750 bits per heavy atom. The van der Waals surface area contributed by atoms with Crippen molar-refractivity contribution in [3.63, 3.8) is 0 Å². The number of Topliss-reactive ketones (excluding diaryl/α,β-unsaturated/α-hetero) is 1. The van der Waals surface area contributed by atoms with Crippen molar-refractivity contribution in [2.45, 2.75) is 66.2 Å². The second kappa shape index (κ2) is 11.7. The van der Waals surface area contributed by atoms with Crippen LogP contribution in [0.3, 0.4) is 0 Å². The van der Waals surface area contributed by atoms with Crippen LogP contribution in [-0.2, 0) is 4.79 Å². The fourth-order valence-corrected chi connectivity index (χ4v) is 1.88. The molecule has 0 aliphatic rings. The Morgan fingerprint density at radius 3 is 1.55 bits per heavy atom. The number of aliphatic hydroxyl groups is 1. The van der Waals surface area contributed by atoms with Crippen LogP contribution in [0.2, 0.25) is 0 Å². The zero-order valence-corrected chi connectivity index (χ0v) is 13.5. The predicted molar refractivity (Wildman–Crippen MR) is 86.7 cm³/mol. The van der Waals surface area contributed by atoms with Crippen LogP contribution in [-0.4, -0.2) is 17.5 Å². The summed E-state index contributed by atoms with van der Waals surface area (Å²) < 4.78 is 0. The van der Waals surface area contributed by atoms with Crippen LogP contribution in [0.1, 0.15) is 66.2 Å². The highest BCUT2D eigenvalue weighted by atomic mass is 16.3. The van der Waals surface area contributed by atoms with E-state index in [1.807, 2.05) is 6.92 Å². The first kappa shape index (κ1) is 18.9. The smallest absolute Gasteiger partial charge is 0.130 e. The second-order valence-corrected chi connectivity index (χ2v) is 5.63. The second-order valence-electron chi connectivity index (χ2n) is 5.63. The lowest BCUT2D eigenvalue weighted by molar-refractivity contribution is -0.116. The molecule has 0 aromatic heterocycles. The number of carbonyl (C=O) groups excluding carboxylic acids is 1. The molecule has 0 amide bonds. The quantitative estimate of drug-likeness (QED) is 0.586. The van der Waals surface area contributed by atoms with Crippen molar-refractivity contribution in [1.82, 2.24) is 0 Å². The monoisotopic (exact) mass is 278 g/mol. The maximum Gasteiger partial charge on any atom is 0.130 e. The lowest BCUT2D eigenvalue weighted by Gasteiger charge is -2.01. The van der Waals surface area contributed by atoms with E-state index in [-0.39, 0.29) is 12.4 Å². The summed E-state index contributed by atoms with van der Waals surface area (Å²) in [6.07, 6.45) is 12.3. The van der Waals surface area contributed by atoms with E-state index in [2.05, 4.69) is 32.1 Å². The first-order valence-electron chi connectivity index (χ1n) is 7.53. The van der Waals surface area contributed by atoms with E-state index in [9.17, 15) is 4.79 Å². The fraction of sp³-hybridized carbons (Fsp3) is 0.611. The largest absolute Gasteiger partial charge is 0.392 e. The summed E-state index contributed by atoms with van der Waals surface area (Å²) in [4.78, 5) is 10.8. The Labute approximate surface area is 124 Å². The lowest BCUT2D eigenvalue weighted by Crippen LogP contribution is -1.87. The number of hydrogen-bond donors (Lipinski definition) is 1. The topological polar surface area (TPSA) is 37.3 Å². The van der Waals surface area contributed by atoms with Gasteiger partial charge in [-0.3, -0.25) is 0 Å². The third-order valence-corrected chi connectivity index (χ3v) is 3.30. The average molecular weight is 278 g/mol. The predicted octanol–water partition coefficient (Wildman–Crippen LogP) is 4.75. The summed E-state index contributed by atoms with van der Waals surface area (Å²) in [7, 11) is 0. The van der Waals surface area contributed by atoms with Gasteiger partial charge in [0.1, 0.15) is 5.78 Å². The standard InChI is InChI=1S/C18H30O2/c1-15(10-6-12-17(3)14-19)8-5-9-16(2)11-7-13-18(4)20/h8,11-12,19H,5-7,9-10,13-14H2,1-4H3/b15-8?,16-11+,17-12?. The third kappa shape index (κ3) is 11.9. The van der Waals surface area contributed by atoms with Gasteiger partial charge >= 0.3 is 0 Å². The van der Waals surface area contributed by atoms with Crippen LogP contribution in [0.5, 0.6) is 0 Å². The number of ketones is 1. The summed E-state index contributed by atoms with van der Waals surface area (Å²) in [6.45, 7) is 8.05. The molecule has 0 saturated heterocycles. The van der Waals surface area contributed by atoms with E-state index in [1.165, 1.54) is 11.1 Å². The highest BCUT2D eigenvalue weighted by Crippen LogP contribution is 2.12. The van der Waals surface area contributed by atoms with Gasteiger partial charge in [-0.25, -0.2) is 0 Å². The summed E-state index contributed by atoms with van der Waals surface area (Å²) in [5.41, 5.74) is 3.82. The summed E-state index contributed by atoms with van der Waals surface area (Å²) >= 11 is 0. The van der Waals surface area contributed by atoms with Gasteiger partial charge in [-0.1, -0.05) is 34.9 Å². The number of aliphatic hydroxyl groups excluding tert-OH is 1. The molecular weight excluding hydrogens is 248 g/mol. The number of hydrogen-bond acceptors (Lipinski definition) is 2. The molecule has 0 bridgehead atoms. The lowest BCUT2D eigenvalue weighted by atomic mass is 10.1. The number of carbonyl (C=O) groups is 1. The minimum atomic E-state index is 0.160. The minimum absolute atomic E-state index is 0.160. The highest BCUT2D eigenvalue weighted by Gasteiger charge is 1.94. The normalized spacial score (nSPS) is 13.8. The van der Waals surface area contributed by atoms with Gasteiger partial charge in [-0.2, -0.15) is 0 Å². The molecule has 2 heteroatoms. The molecule has 0 heterocycles. The number of allylic oxidation sites excluding steroid dienone is 5. The molecule has 0 aliphatic heterocycles. The van der Waals surface area contributed by atoms with E-state index in [0.29, 0.717) is 6.42 Å². The van der Waals surface area contributed by atoms with E-state index < -0.39 is 0 Å². The van der Waals surface area contributed by atoms with Gasteiger partial charge in [0, 0.05) is 6.42 Å². The molecule has 114 valence electrons. The van der Waals surface area contributed by atoms with E-state index in [4.69, 9.17) is 5.11 Å². The molecular formula is C18H30O2. The SMILES string of the molecule is CC(=O)CC/C=C(\C)CCC=C(C)CCC=C(C)CO. The molecule has 0 spiro atoms. The molecule has 1 N–H and O–H groups in total. The number of rotatable bonds is 10. The van der Waals surface area contributed by atoms with E-state index >= 15 is 0 Å². The van der Waals surface area contributed by atoms with Crippen LogP contribution in [0, 0.1) is 0 Å². The Balaban J connectivity index is 3.89. The van der Waals surface area contributed by atoms with Crippen LogP contribution in [0.4, 0.5) is 0 Å². The zero-order chi connectivity index (χ0) is 15.4. The summed E-state index contributed by atoms with van der Waals surface area (Å²) in [5, 5.41) is 8.90. The molecule has 0 radical (unpaired) electrons. The molecule has 2 nitrogen and oxygen atoms in total. The molecule has 0 aliphatic carbocycles. The van der Waals surface area contributed by atoms with Crippen molar-refractivity contribution in [3.05, 3.63) is 34.9 Å². The van der Waals surface area contributed by atoms with Crippen molar-refractivity contribution in [1.29, 1.82) is 0 Å². The highest BCUT2D eigenvalue weighted by molar-refractivity contribution is 5.75. The van der Waals surface area contributed by atoms with Crippen molar-refractivity contribution in [2.75, 3.05) is 6.61 Å². The van der Waals surface area contributed by atoms with Gasteiger partial charge in [-0.15, -0.1) is 0 Å². The minimum Gasteiger partial charge on any atom is -0.392 e. The van der Waals surface area contributed by atoms with Gasteiger partial charge in [0.15, 0.2) is 0 Å². The molecule has 0 unspecified atom stereocenters. The van der Waals surface area contributed by atoms with Gasteiger partial charge < -0.3 is 9.90 Å². The first-order valence-corrected chi connectivity index (χ1v) is 7.53.